The number of hydrogen-bond donors (Lipinski definition) is 3. The largest absolute Gasteiger partial charge is 0.508 e. The molecule has 0 spiro atoms. The first-order valence-electron chi connectivity index (χ1n) is 12.8. The first-order valence-corrected chi connectivity index (χ1v) is 12.8. The molecule has 0 heterocycles. The zero-order chi connectivity index (χ0) is 28.2. The maximum Gasteiger partial charge on any atom is 0.408 e. The molecule has 0 aliphatic rings. The van der Waals surface area contributed by atoms with Crippen molar-refractivity contribution in [3.63, 3.8) is 0 Å². The van der Waals surface area contributed by atoms with Crippen LogP contribution in [0.3, 0.4) is 0 Å². The van der Waals surface area contributed by atoms with E-state index >= 15 is 0 Å². The van der Waals surface area contributed by atoms with Crippen molar-refractivity contribution in [1.29, 1.82) is 0 Å². The highest BCUT2D eigenvalue weighted by Gasteiger charge is 2.38. The van der Waals surface area contributed by atoms with E-state index in [9.17, 15) is 24.3 Å². The summed E-state index contributed by atoms with van der Waals surface area (Å²) in [6.45, 7) is 10.8. The third-order valence-electron chi connectivity index (χ3n) is 5.82. The minimum atomic E-state index is -1.16. The SMILES string of the molecule is CCCCCN(C(=O)C(NC(=O)OC(C)(C)C)C(C)CC)C(C(=O)NCC(=O)OC)c1cccc(O)c1. The maximum atomic E-state index is 14.1. The van der Waals surface area contributed by atoms with E-state index < -0.39 is 41.6 Å². The predicted octanol–water partition coefficient (Wildman–Crippen LogP) is 3.68. The van der Waals surface area contributed by atoms with Crippen LogP contribution in [-0.4, -0.2) is 65.7 Å². The van der Waals surface area contributed by atoms with Gasteiger partial charge >= 0.3 is 12.1 Å². The molecule has 0 aliphatic carbocycles. The van der Waals surface area contributed by atoms with Gasteiger partial charge in [0.15, 0.2) is 0 Å². The monoisotopic (exact) mass is 521 g/mol. The van der Waals surface area contributed by atoms with Crippen LogP contribution in [0.5, 0.6) is 5.75 Å². The van der Waals surface area contributed by atoms with Gasteiger partial charge < -0.3 is 30.1 Å². The smallest absolute Gasteiger partial charge is 0.408 e. The fourth-order valence-corrected chi connectivity index (χ4v) is 3.69. The molecule has 208 valence electrons. The number of phenolic OH excluding ortho intramolecular Hbond substituents is 1. The van der Waals surface area contributed by atoms with Crippen LogP contribution in [0.4, 0.5) is 4.79 Å². The Hall–Kier alpha value is -3.30. The van der Waals surface area contributed by atoms with E-state index in [1.165, 1.54) is 24.1 Å². The summed E-state index contributed by atoms with van der Waals surface area (Å²) in [5.41, 5.74) is -0.390. The molecule has 0 saturated heterocycles. The number of carbonyl (C=O) groups excluding carboxylic acids is 4. The van der Waals surface area contributed by atoms with E-state index in [4.69, 9.17) is 4.74 Å². The van der Waals surface area contributed by atoms with Crippen molar-refractivity contribution < 1.29 is 33.8 Å². The molecule has 37 heavy (non-hydrogen) atoms. The van der Waals surface area contributed by atoms with Crippen molar-refractivity contribution in [3.05, 3.63) is 29.8 Å². The summed E-state index contributed by atoms with van der Waals surface area (Å²) in [6, 6.07) is 3.94. The quantitative estimate of drug-likeness (QED) is 0.266. The second-order valence-electron chi connectivity index (χ2n) is 10.0. The summed E-state index contributed by atoms with van der Waals surface area (Å²) in [7, 11) is 1.21. The molecule has 10 heteroatoms. The molecule has 1 rings (SSSR count). The third-order valence-corrected chi connectivity index (χ3v) is 5.82. The first kappa shape index (κ1) is 31.7. The number of unbranched alkanes of at least 4 members (excludes halogenated alkanes) is 2. The average Bonchev–Trinajstić information content (AvgIpc) is 2.83. The molecule has 3 N–H and O–H groups in total. The van der Waals surface area contributed by atoms with Gasteiger partial charge in [-0.3, -0.25) is 14.4 Å². The van der Waals surface area contributed by atoms with Crippen molar-refractivity contribution in [2.75, 3.05) is 20.2 Å². The Morgan fingerprint density at radius 3 is 2.32 bits per heavy atom. The predicted molar refractivity (Wildman–Crippen MR) is 140 cm³/mol. The number of ether oxygens (including phenoxy) is 2. The topological polar surface area (TPSA) is 134 Å². The lowest BCUT2D eigenvalue weighted by molar-refractivity contribution is -0.145. The number of nitrogens with zero attached hydrogens (tertiary/aromatic N) is 1. The first-order chi connectivity index (χ1) is 17.3. The van der Waals surface area contributed by atoms with Crippen molar-refractivity contribution >= 4 is 23.9 Å². The average molecular weight is 522 g/mol. The van der Waals surface area contributed by atoms with Crippen molar-refractivity contribution in [3.8, 4) is 5.75 Å². The third kappa shape index (κ3) is 10.7. The molecule has 0 radical (unpaired) electrons. The summed E-state index contributed by atoms with van der Waals surface area (Å²) in [5, 5.41) is 15.3. The van der Waals surface area contributed by atoms with Crippen LogP contribution in [0, 0.1) is 5.92 Å². The highest BCUT2D eigenvalue weighted by Crippen LogP contribution is 2.27. The number of nitrogens with one attached hydrogen (secondary N) is 2. The van der Waals surface area contributed by atoms with Crippen LogP contribution in [0.25, 0.3) is 0 Å². The number of phenols is 1. The van der Waals surface area contributed by atoms with E-state index in [2.05, 4.69) is 15.4 Å². The Morgan fingerprint density at radius 2 is 1.78 bits per heavy atom. The lowest BCUT2D eigenvalue weighted by Gasteiger charge is -2.36. The van der Waals surface area contributed by atoms with Crippen LogP contribution < -0.4 is 10.6 Å². The number of rotatable bonds is 13. The van der Waals surface area contributed by atoms with E-state index in [1.807, 2.05) is 20.8 Å². The molecule has 1 aromatic carbocycles. The van der Waals surface area contributed by atoms with Gasteiger partial charge in [-0.25, -0.2) is 4.79 Å². The molecule has 0 aromatic heterocycles. The van der Waals surface area contributed by atoms with Gasteiger partial charge in [0.05, 0.1) is 7.11 Å². The minimum Gasteiger partial charge on any atom is -0.508 e. The molecule has 10 nitrogen and oxygen atoms in total. The van der Waals surface area contributed by atoms with Crippen LogP contribution in [0.2, 0.25) is 0 Å². The van der Waals surface area contributed by atoms with Gasteiger partial charge in [-0.15, -0.1) is 0 Å². The van der Waals surface area contributed by atoms with Gasteiger partial charge in [-0.2, -0.15) is 0 Å². The summed E-state index contributed by atoms with van der Waals surface area (Å²) >= 11 is 0. The van der Waals surface area contributed by atoms with Gasteiger partial charge in [-0.1, -0.05) is 52.2 Å². The van der Waals surface area contributed by atoms with Crippen molar-refractivity contribution in [2.45, 2.75) is 84.9 Å². The molecule has 0 bridgehead atoms. The van der Waals surface area contributed by atoms with Gasteiger partial charge in [0, 0.05) is 6.54 Å². The fraction of sp³-hybridized carbons (Fsp3) is 0.630. The Bertz CT molecular complexity index is 914. The summed E-state index contributed by atoms with van der Waals surface area (Å²) in [6.07, 6.45) is 2.16. The summed E-state index contributed by atoms with van der Waals surface area (Å²) in [4.78, 5) is 53.2. The summed E-state index contributed by atoms with van der Waals surface area (Å²) in [5.74, 6) is -2.05. The molecule has 3 unspecified atom stereocenters. The Morgan fingerprint density at radius 1 is 1.11 bits per heavy atom. The zero-order valence-corrected chi connectivity index (χ0v) is 23.1. The highest BCUT2D eigenvalue weighted by atomic mass is 16.6. The molecular formula is C27H43N3O7. The number of benzene rings is 1. The highest BCUT2D eigenvalue weighted by molar-refractivity contribution is 5.93. The van der Waals surface area contributed by atoms with Gasteiger partial charge in [0.25, 0.3) is 0 Å². The normalized spacial score (nSPS) is 13.6. The van der Waals surface area contributed by atoms with Crippen molar-refractivity contribution in [1.82, 2.24) is 15.5 Å². The number of carbonyl (C=O) groups is 4. The number of alkyl carbamates (subject to hydrolysis) is 1. The number of esters is 1. The molecule has 0 saturated carbocycles. The van der Waals surface area contributed by atoms with E-state index in [-0.39, 0.29) is 24.8 Å². The van der Waals surface area contributed by atoms with Gasteiger partial charge in [0.2, 0.25) is 11.8 Å². The Labute approximate surface area is 220 Å². The standard InChI is InChI=1S/C27H43N3O7/c1-8-10-11-15-30(25(34)22(18(3)9-2)29-26(35)37-27(4,5)6)23(19-13-12-14-20(31)16-19)24(33)28-17-21(32)36-7/h12-14,16,18,22-23,31H,8-11,15,17H2,1-7H3,(H,28,33)(H,29,35). The Kier molecular flexibility index (Phi) is 12.9. The molecule has 0 fully saturated rings. The lowest BCUT2D eigenvalue weighted by Crippen LogP contribution is -2.55. The number of hydrogen-bond acceptors (Lipinski definition) is 7. The number of aromatic hydroxyl groups is 1. The van der Waals surface area contributed by atoms with Crippen LogP contribution in [0.15, 0.2) is 24.3 Å². The fourth-order valence-electron chi connectivity index (χ4n) is 3.69. The number of amides is 3. The van der Waals surface area contributed by atoms with E-state index in [0.29, 0.717) is 18.4 Å². The molecule has 1 aromatic rings. The maximum absolute atomic E-state index is 14.1. The van der Waals surface area contributed by atoms with E-state index in [0.717, 1.165) is 12.8 Å². The van der Waals surface area contributed by atoms with Crippen molar-refractivity contribution in [2.24, 2.45) is 5.92 Å². The summed E-state index contributed by atoms with van der Waals surface area (Å²) < 4.78 is 10.0. The van der Waals surface area contributed by atoms with E-state index in [1.54, 1.807) is 32.9 Å². The van der Waals surface area contributed by atoms with Crippen LogP contribution in [0.1, 0.15) is 78.8 Å². The van der Waals surface area contributed by atoms with Gasteiger partial charge in [-0.05, 0) is 50.8 Å². The van der Waals surface area contributed by atoms with Gasteiger partial charge in [0.1, 0.15) is 30.0 Å². The lowest BCUT2D eigenvalue weighted by atomic mass is 9.95. The second-order valence-corrected chi connectivity index (χ2v) is 10.0. The molecular weight excluding hydrogens is 478 g/mol. The minimum absolute atomic E-state index is 0.0745. The molecule has 0 aliphatic heterocycles. The zero-order valence-electron chi connectivity index (χ0n) is 23.1. The molecule has 3 atom stereocenters. The van der Waals surface area contributed by atoms with Crippen LogP contribution in [-0.2, 0) is 23.9 Å². The second kappa shape index (κ2) is 15.1. The number of methoxy groups -OCH3 is 1. The molecule has 3 amide bonds. The Balaban J connectivity index is 3.50. The van der Waals surface area contributed by atoms with Crippen LogP contribution >= 0.6 is 0 Å².